The van der Waals surface area contributed by atoms with E-state index in [1.165, 1.54) is 32.1 Å². The van der Waals surface area contributed by atoms with E-state index in [9.17, 15) is 0 Å². The van der Waals surface area contributed by atoms with Gasteiger partial charge in [0.15, 0.2) is 0 Å². The quantitative estimate of drug-likeness (QED) is 0.907. The van der Waals surface area contributed by atoms with Gasteiger partial charge in [-0.2, -0.15) is 4.98 Å². The largest absolute Gasteiger partial charge is 0.479 e. The van der Waals surface area contributed by atoms with Gasteiger partial charge in [0.05, 0.1) is 12.8 Å². The Morgan fingerprint density at radius 2 is 2.00 bits per heavy atom. The standard InChI is InChI=1S/C15H25N3O/c1-4-11-5-7-12(8-6-11)18(2)14-10-9-13(16)15(17-14)19-3/h9-12H,4-8,16H2,1-3H3. The van der Waals surface area contributed by atoms with Crippen LogP contribution in [0.15, 0.2) is 12.1 Å². The Hall–Kier alpha value is -1.45. The Morgan fingerprint density at radius 1 is 1.32 bits per heavy atom. The molecule has 0 radical (unpaired) electrons. The topological polar surface area (TPSA) is 51.4 Å². The first-order chi connectivity index (χ1) is 9.15. The predicted octanol–water partition coefficient (Wildman–Crippen LogP) is 3.08. The molecule has 1 fully saturated rings. The summed E-state index contributed by atoms with van der Waals surface area (Å²) in [6.07, 6.45) is 6.48. The van der Waals surface area contributed by atoms with Gasteiger partial charge in [-0.1, -0.05) is 13.3 Å². The van der Waals surface area contributed by atoms with Crippen molar-refractivity contribution in [2.24, 2.45) is 5.92 Å². The first-order valence-corrected chi connectivity index (χ1v) is 7.19. The number of hydrogen-bond donors (Lipinski definition) is 1. The van der Waals surface area contributed by atoms with Crippen LogP contribution in [-0.4, -0.2) is 25.2 Å². The second kappa shape index (κ2) is 6.13. The van der Waals surface area contributed by atoms with Crippen LogP contribution >= 0.6 is 0 Å². The average Bonchev–Trinajstić information content (AvgIpc) is 2.47. The second-order valence-electron chi connectivity index (χ2n) is 5.46. The number of nitrogen functional groups attached to an aromatic ring is 1. The molecule has 4 nitrogen and oxygen atoms in total. The molecule has 1 aromatic rings. The molecule has 0 spiro atoms. The maximum Gasteiger partial charge on any atom is 0.238 e. The minimum absolute atomic E-state index is 0.520. The van der Waals surface area contributed by atoms with E-state index in [4.69, 9.17) is 10.5 Å². The van der Waals surface area contributed by atoms with E-state index < -0.39 is 0 Å². The van der Waals surface area contributed by atoms with E-state index >= 15 is 0 Å². The molecule has 0 bridgehead atoms. The summed E-state index contributed by atoms with van der Waals surface area (Å²) in [6.45, 7) is 2.29. The van der Waals surface area contributed by atoms with Crippen molar-refractivity contribution in [1.29, 1.82) is 0 Å². The number of pyridine rings is 1. The fourth-order valence-corrected chi connectivity index (χ4v) is 2.93. The van der Waals surface area contributed by atoms with Crippen LogP contribution in [0.4, 0.5) is 11.5 Å². The van der Waals surface area contributed by atoms with Crippen molar-refractivity contribution in [3.63, 3.8) is 0 Å². The van der Waals surface area contributed by atoms with Crippen LogP contribution in [0.1, 0.15) is 39.0 Å². The van der Waals surface area contributed by atoms with E-state index in [2.05, 4.69) is 23.9 Å². The number of nitrogens with zero attached hydrogens (tertiary/aromatic N) is 2. The maximum atomic E-state index is 5.81. The van der Waals surface area contributed by atoms with Crippen LogP contribution in [0.5, 0.6) is 5.88 Å². The lowest BCUT2D eigenvalue weighted by Crippen LogP contribution is -2.35. The number of hydrogen-bond acceptors (Lipinski definition) is 4. The van der Waals surface area contributed by atoms with Crippen molar-refractivity contribution in [3.8, 4) is 5.88 Å². The van der Waals surface area contributed by atoms with Gasteiger partial charge in [-0.15, -0.1) is 0 Å². The SMILES string of the molecule is CCC1CCC(N(C)c2ccc(N)c(OC)n2)CC1. The zero-order valence-electron chi connectivity index (χ0n) is 12.2. The lowest BCUT2D eigenvalue weighted by molar-refractivity contribution is 0.312. The Morgan fingerprint density at radius 3 is 2.58 bits per heavy atom. The van der Waals surface area contributed by atoms with Crippen molar-refractivity contribution in [3.05, 3.63) is 12.1 Å². The number of ether oxygens (including phenoxy) is 1. The summed E-state index contributed by atoms with van der Waals surface area (Å²) >= 11 is 0. The second-order valence-corrected chi connectivity index (χ2v) is 5.46. The summed E-state index contributed by atoms with van der Waals surface area (Å²) in [5.74, 6) is 2.39. The van der Waals surface area contributed by atoms with Crippen LogP contribution in [0.25, 0.3) is 0 Å². The molecule has 0 saturated heterocycles. The zero-order chi connectivity index (χ0) is 13.8. The van der Waals surface area contributed by atoms with Gasteiger partial charge in [-0.3, -0.25) is 0 Å². The molecule has 1 saturated carbocycles. The van der Waals surface area contributed by atoms with Crippen LogP contribution < -0.4 is 15.4 Å². The Bertz CT molecular complexity index is 414. The van der Waals surface area contributed by atoms with Gasteiger partial charge in [0.1, 0.15) is 5.82 Å². The molecule has 0 unspecified atom stereocenters. The van der Waals surface area contributed by atoms with Crippen molar-refractivity contribution in [2.75, 3.05) is 24.8 Å². The van der Waals surface area contributed by atoms with Gasteiger partial charge in [0, 0.05) is 13.1 Å². The molecule has 2 N–H and O–H groups in total. The van der Waals surface area contributed by atoms with E-state index in [1.807, 2.05) is 12.1 Å². The van der Waals surface area contributed by atoms with Gasteiger partial charge in [-0.05, 0) is 43.7 Å². The monoisotopic (exact) mass is 263 g/mol. The van der Waals surface area contributed by atoms with Crippen molar-refractivity contribution >= 4 is 11.5 Å². The third-order valence-corrected chi connectivity index (χ3v) is 4.37. The Kier molecular flexibility index (Phi) is 4.51. The van der Waals surface area contributed by atoms with Gasteiger partial charge in [0.25, 0.3) is 0 Å². The summed E-state index contributed by atoms with van der Waals surface area (Å²) in [6, 6.07) is 4.43. The molecule has 106 valence electrons. The van der Waals surface area contributed by atoms with Crippen LogP contribution in [0.3, 0.4) is 0 Å². The van der Waals surface area contributed by atoms with E-state index in [-0.39, 0.29) is 0 Å². The first-order valence-electron chi connectivity index (χ1n) is 7.19. The lowest BCUT2D eigenvalue weighted by atomic mass is 9.84. The van der Waals surface area contributed by atoms with Crippen molar-refractivity contribution in [2.45, 2.75) is 45.1 Å². The predicted molar refractivity (Wildman–Crippen MR) is 79.6 cm³/mol. The molecular formula is C15H25N3O. The van der Waals surface area contributed by atoms with Crippen molar-refractivity contribution < 1.29 is 4.74 Å². The number of methoxy groups -OCH3 is 1. The highest BCUT2D eigenvalue weighted by Crippen LogP contribution is 2.31. The third kappa shape index (κ3) is 3.11. The van der Waals surface area contributed by atoms with Crippen LogP contribution in [0, 0.1) is 5.92 Å². The molecule has 2 rings (SSSR count). The third-order valence-electron chi connectivity index (χ3n) is 4.37. The highest BCUT2D eigenvalue weighted by Gasteiger charge is 2.24. The molecular weight excluding hydrogens is 238 g/mol. The van der Waals surface area contributed by atoms with Crippen LogP contribution in [0.2, 0.25) is 0 Å². The van der Waals surface area contributed by atoms with Gasteiger partial charge in [-0.25, -0.2) is 0 Å². The summed E-state index contributed by atoms with van der Waals surface area (Å²) < 4.78 is 5.19. The van der Waals surface area contributed by atoms with E-state index in [0.717, 1.165) is 11.7 Å². The summed E-state index contributed by atoms with van der Waals surface area (Å²) in [4.78, 5) is 6.76. The normalized spacial score (nSPS) is 23.1. The maximum absolute atomic E-state index is 5.81. The van der Waals surface area contributed by atoms with Crippen LogP contribution in [-0.2, 0) is 0 Å². The van der Waals surface area contributed by atoms with Gasteiger partial charge >= 0.3 is 0 Å². The fourth-order valence-electron chi connectivity index (χ4n) is 2.93. The number of nitrogens with two attached hydrogens (primary N) is 1. The zero-order valence-corrected chi connectivity index (χ0v) is 12.2. The molecule has 1 aliphatic rings. The minimum atomic E-state index is 0.520. The molecule has 1 aromatic heterocycles. The molecule has 1 aliphatic carbocycles. The highest BCUT2D eigenvalue weighted by molar-refractivity contribution is 5.54. The number of rotatable bonds is 4. The van der Waals surface area contributed by atoms with Gasteiger partial charge < -0.3 is 15.4 Å². The summed E-state index contributed by atoms with van der Waals surface area (Å²) in [5.41, 5.74) is 6.40. The molecule has 4 heteroatoms. The molecule has 1 heterocycles. The fraction of sp³-hybridized carbons (Fsp3) is 0.667. The Labute approximate surface area is 116 Å². The van der Waals surface area contributed by atoms with Crippen molar-refractivity contribution in [1.82, 2.24) is 4.98 Å². The average molecular weight is 263 g/mol. The molecule has 0 aromatic carbocycles. The summed E-state index contributed by atoms with van der Waals surface area (Å²) in [5, 5.41) is 0. The minimum Gasteiger partial charge on any atom is -0.479 e. The molecule has 0 atom stereocenters. The smallest absolute Gasteiger partial charge is 0.238 e. The summed E-state index contributed by atoms with van der Waals surface area (Å²) in [7, 11) is 3.73. The van der Waals surface area contributed by atoms with E-state index in [0.29, 0.717) is 17.6 Å². The highest BCUT2D eigenvalue weighted by atomic mass is 16.5. The first kappa shape index (κ1) is 14.0. The molecule has 19 heavy (non-hydrogen) atoms. The Balaban J connectivity index is 2.05. The number of anilines is 2. The van der Waals surface area contributed by atoms with Gasteiger partial charge in [0.2, 0.25) is 5.88 Å². The lowest BCUT2D eigenvalue weighted by Gasteiger charge is -2.35. The number of aromatic nitrogens is 1. The molecule has 0 aliphatic heterocycles. The van der Waals surface area contributed by atoms with E-state index in [1.54, 1.807) is 7.11 Å². The molecule has 0 amide bonds.